The van der Waals surface area contributed by atoms with E-state index < -0.39 is 0 Å². The SMILES string of the molecule is Cc1nc2n(n1)CC(NC(=NCC(=O)N(C)C)NCC1CCOC1)CC2.I. The van der Waals surface area contributed by atoms with Gasteiger partial charge >= 0.3 is 0 Å². The van der Waals surface area contributed by atoms with Gasteiger partial charge in [0.2, 0.25) is 5.91 Å². The van der Waals surface area contributed by atoms with Gasteiger partial charge in [0.25, 0.3) is 0 Å². The highest BCUT2D eigenvalue weighted by molar-refractivity contribution is 14.0. The molecule has 1 saturated heterocycles. The van der Waals surface area contributed by atoms with Crippen molar-refractivity contribution in [2.24, 2.45) is 10.9 Å². The normalized spacial score (nSPS) is 22.0. The first-order valence-electron chi connectivity index (χ1n) is 9.24. The van der Waals surface area contributed by atoms with Gasteiger partial charge in [-0.05, 0) is 19.8 Å². The molecule has 2 unspecified atom stereocenters. The molecule has 152 valence electrons. The molecule has 1 aromatic heterocycles. The van der Waals surface area contributed by atoms with E-state index in [1.54, 1.807) is 19.0 Å². The lowest BCUT2D eigenvalue weighted by Gasteiger charge is -2.26. The summed E-state index contributed by atoms with van der Waals surface area (Å²) < 4.78 is 7.39. The number of nitrogens with zero attached hydrogens (tertiary/aromatic N) is 5. The van der Waals surface area contributed by atoms with Crippen LogP contribution in [0.5, 0.6) is 0 Å². The molecule has 0 spiro atoms. The molecular weight excluding hydrogens is 461 g/mol. The van der Waals surface area contributed by atoms with Gasteiger partial charge in [-0.2, -0.15) is 5.10 Å². The molecule has 0 aromatic carbocycles. The van der Waals surface area contributed by atoms with Gasteiger partial charge in [0.1, 0.15) is 18.2 Å². The third-order valence-electron chi connectivity index (χ3n) is 4.76. The van der Waals surface area contributed by atoms with Crippen LogP contribution in [0.3, 0.4) is 0 Å². The van der Waals surface area contributed by atoms with Crippen molar-refractivity contribution in [3.05, 3.63) is 11.6 Å². The van der Waals surface area contributed by atoms with Crippen LogP contribution in [0.1, 0.15) is 24.5 Å². The second-order valence-electron chi connectivity index (χ2n) is 7.20. The quantitative estimate of drug-likeness (QED) is 0.347. The Balaban J connectivity index is 0.00000261. The number of likely N-dealkylation sites (N-methyl/N-ethyl adjacent to an activating group) is 1. The molecule has 0 bridgehead atoms. The number of hydrogen-bond acceptors (Lipinski definition) is 5. The molecule has 2 aliphatic rings. The molecule has 0 radical (unpaired) electrons. The predicted molar refractivity (Wildman–Crippen MR) is 113 cm³/mol. The standard InChI is InChI=1S/C17H29N7O2.HI/c1-12-20-15-5-4-14(10-24(15)22-12)21-17(19-9-16(25)23(2)3)18-8-13-6-7-26-11-13;/h13-14H,4-11H2,1-3H3,(H2,18,19,21);1H. The van der Waals surface area contributed by atoms with Gasteiger partial charge in [0, 0.05) is 45.6 Å². The summed E-state index contributed by atoms with van der Waals surface area (Å²) in [6.45, 7) is 5.19. The van der Waals surface area contributed by atoms with Crippen molar-refractivity contribution in [3.63, 3.8) is 0 Å². The summed E-state index contributed by atoms with van der Waals surface area (Å²) in [6, 6.07) is 0.212. The number of aryl methyl sites for hydroxylation is 2. The van der Waals surface area contributed by atoms with Crippen LogP contribution in [0.15, 0.2) is 4.99 Å². The molecule has 2 N–H and O–H groups in total. The highest BCUT2D eigenvalue weighted by Crippen LogP contribution is 2.13. The van der Waals surface area contributed by atoms with Gasteiger partial charge in [-0.1, -0.05) is 0 Å². The van der Waals surface area contributed by atoms with Crippen molar-refractivity contribution >= 4 is 35.8 Å². The minimum absolute atomic E-state index is 0. The summed E-state index contributed by atoms with van der Waals surface area (Å²) in [5, 5.41) is 11.3. The van der Waals surface area contributed by atoms with Crippen LogP contribution in [-0.2, 0) is 22.5 Å². The molecule has 2 atom stereocenters. The number of aromatic nitrogens is 3. The van der Waals surface area contributed by atoms with Crippen molar-refractivity contribution in [3.8, 4) is 0 Å². The van der Waals surface area contributed by atoms with Crippen LogP contribution in [0, 0.1) is 12.8 Å². The van der Waals surface area contributed by atoms with Crippen LogP contribution in [0.25, 0.3) is 0 Å². The summed E-state index contributed by atoms with van der Waals surface area (Å²) in [6.07, 6.45) is 2.91. The maximum absolute atomic E-state index is 11.9. The zero-order valence-electron chi connectivity index (χ0n) is 16.3. The molecule has 2 aliphatic heterocycles. The van der Waals surface area contributed by atoms with E-state index in [0.29, 0.717) is 11.9 Å². The molecule has 10 heteroatoms. The van der Waals surface area contributed by atoms with Gasteiger partial charge in [0.05, 0.1) is 13.2 Å². The molecule has 9 nitrogen and oxygen atoms in total. The molecule has 0 saturated carbocycles. The number of halogens is 1. The highest BCUT2D eigenvalue weighted by Gasteiger charge is 2.22. The maximum Gasteiger partial charge on any atom is 0.243 e. The smallest absolute Gasteiger partial charge is 0.243 e. The van der Waals surface area contributed by atoms with Crippen molar-refractivity contribution in [2.45, 2.75) is 38.8 Å². The number of fused-ring (bicyclic) bond motifs is 1. The highest BCUT2D eigenvalue weighted by atomic mass is 127. The molecule has 1 amide bonds. The number of aliphatic imine (C=N–C) groups is 1. The minimum Gasteiger partial charge on any atom is -0.381 e. The Bertz CT molecular complexity index is 656. The number of rotatable bonds is 5. The molecule has 3 heterocycles. The van der Waals surface area contributed by atoms with Gasteiger partial charge in [-0.3, -0.25) is 4.79 Å². The van der Waals surface area contributed by atoms with Crippen LogP contribution in [0.2, 0.25) is 0 Å². The van der Waals surface area contributed by atoms with E-state index in [9.17, 15) is 4.79 Å². The summed E-state index contributed by atoms with van der Waals surface area (Å²) in [5.74, 6) is 3.00. The van der Waals surface area contributed by atoms with Crippen LogP contribution in [-0.4, -0.2) is 78.0 Å². The van der Waals surface area contributed by atoms with E-state index in [0.717, 1.165) is 57.2 Å². The number of carbonyl (C=O) groups is 1. The molecule has 1 fully saturated rings. The second-order valence-corrected chi connectivity index (χ2v) is 7.20. The van der Waals surface area contributed by atoms with Gasteiger partial charge in [-0.15, -0.1) is 24.0 Å². The average Bonchev–Trinajstić information content (AvgIpc) is 3.24. The van der Waals surface area contributed by atoms with E-state index in [2.05, 4.69) is 25.7 Å². The largest absolute Gasteiger partial charge is 0.381 e. The van der Waals surface area contributed by atoms with E-state index in [-0.39, 0.29) is 42.5 Å². The Morgan fingerprint density at radius 3 is 2.93 bits per heavy atom. The molecular formula is C17H30IN7O2. The summed E-state index contributed by atoms with van der Waals surface area (Å²) in [5.41, 5.74) is 0. The second kappa shape index (κ2) is 10.2. The number of guanidine groups is 1. The van der Waals surface area contributed by atoms with Gasteiger partial charge in [0.15, 0.2) is 5.96 Å². The molecule has 1 aromatic rings. The lowest BCUT2D eigenvalue weighted by molar-refractivity contribution is -0.127. The maximum atomic E-state index is 11.9. The third-order valence-corrected chi connectivity index (χ3v) is 4.76. The first-order chi connectivity index (χ1) is 12.5. The van der Waals surface area contributed by atoms with E-state index in [4.69, 9.17) is 4.74 Å². The Hall–Kier alpha value is -1.43. The fourth-order valence-electron chi connectivity index (χ4n) is 3.17. The summed E-state index contributed by atoms with van der Waals surface area (Å²) in [7, 11) is 3.48. The number of amides is 1. The Labute approximate surface area is 177 Å². The zero-order valence-corrected chi connectivity index (χ0v) is 18.6. The van der Waals surface area contributed by atoms with Crippen molar-refractivity contribution in [2.75, 3.05) is 40.4 Å². The lowest BCUT2D eigenvalue weighted by atomic mass is 10.1. The van der Waals surface area contributed by atoms with Gasteiger partial charge < -0.3 is 20.3 Å². The number of hydrogen-bond donors (Lipinski definition) is 2. The fraction of sp³-hybridized carbons (Fsp3) is 0.765. The fourth-order valence-corrected chi connectivity index (χ4v) is 3.17. The van der Waals surface area contributed by atoms with Crippen LogP contribution < -0.4 is 10.6 Å². The monoisotopic (exact) mass is 491 g/mol. The van der Waals surface area contributed by atoms with E-state index in [1.807, 2.05) is 11.6 Å². The number of ether oxygens (including phenoxy) is 1. The summed E-state index contributed by atoms with van der Waals surface area (Å²) in [4.78, 5) is 22.4. The Morgan fingerprint density at radius 2 is 2.22 bits per heavy atom. The minimum atomic E-state index is -0.0202. The number of carbonyl (C=O) groups excluding carboxylic acids is 1. The van der Waals surface area contributed by atoms with E-state index >= 15 is 0 Å². The Morgan fingerprint density at radius 1 is 1.41 bits per heavy atom. The predicted octanol–water partition coefficient (Wildman–Crippen LogP) is 0.179. The zero-order chi connectivity index (χ0) is 18.5. The topological polar surface area (TPSA) is 96.7 Å². The average molecular weight is 491 g/mol. The van der Waals surface area contributed by atoms with Crippen molar-refractivity contribution < 1.29 is 9.53 Å². The lowest BCUT2D eigenvalue weighted by Crippen LogP contribution is -2.48. The first kappa shape index (κ1) is 21.9. The third kappa shape index (κ3) is 6.30. The van der Waals surface area contributed by atoms with Gasteiger partial charge in [-0.25, -0.2) is 14.7 Å². The van der Waals surface area contributed by atoms with Crippen LogP contribution in [0.4, 0.5) is 0 Å². The first-order valence-corrected chi connectivity index (χ1v) is 9.24. The number of nitrogens with one attached hydrogen (secondary N) is 2. The van der Waals surface area contributed by atoms with Crippen LogP contribution >= 0.6 is 24.0 Å². The molecule has 3 rings (SSSR count). The molecule has 0 aliphatic carbocycles. The van der Waals surface area contributed by atoms with E-state index in [1.165, 1.54) is 0 Å². The van der Waals surface area contributed by atoms with Crippen molar-refractivity contribution in [1.29, 1.82) is 0 Å². The van der Waals surface area contributed by atoms with Crippen molar-refractivity contribution in [1.82, 2.24) is 30.3 Å². The Kier molecular flexibility index (Phi) is 8.27. The summed E-state index contributed by atoms with van der Waals surface area (Å²) >= 11 is 0. The molecule has 27 heavy (non-hydrogen) atoms.